The first-order chi connectivity index (χ1) is 13.5. The van der Waals surface area contributed by atoms with Crippen LogP contribution in [-0.4, -0.2) is 41.6 Å². The molecular formula is C21H22N2O3S2. The number of fused-ring (bicyclic) bond motifs is 1. The molecule has 0 fully saturated rings. The Labute approximate surface area is 172 Å². The van der Waals surface area contributed by atoms with Gasteiger partial charge in [0.25, 0.3) is 5.91 Å². The van der Waals surface area contributed by atoms with Gasteiger partial charge in [-0.2, -0.15) is 0 Å². The lowest BCUT2D eigenvalue weighted by Crippen LogP contribution is -2.31. The molecule has 7 heteroatoms. The van der Waals surface area contributed by atoms with Crippen molar-refractivity contribution in [3.8, 4) is 0 Å². The van der Waals surface area contributed by atoms with Crippen molar-refractivity contribution in [1.82, 2.24) is 9.88 Å². The van der Waals surface area contributed by atoms with E-state index in [1.54, 1.807) is 49.3 Å². The molecule has 3 aromatic rings. The van der Waals surface area contributed by atoms with E-state index in [9.17, 15) is 9.59 Å². The third-order valence-electron chi connectivity index (χ3n) is 4.04. The molecule has 1 amide bonds. The number of thiazole rings is 1. The summed E-state index contributed by atoms with van der Waals surface area (Å²) < 4.78 is 7.67. The van der Waals surface area contributed by atoms with Crippen molar-refractivity contribution < 1.29 is 14.3 Å². The topological polar surface area (TPSA) is 59.5 Å². The molecule has 2 aromatic carbocycles. The van der Waals surface area contributed by atoms with Gasteiger partial charge in [0.1, 0.15) is 0 Å². The predicted molar refractivity (Wildman–Crippen MR) is 114 cm³/mol. The van der Waals surface area contributed by atoms with E-state index < -0.39 is 6.10 Å². The zero-order chi connectivity index (χ0) is 19.9. The van der Waals surface area contributed by atoms with Crippen LogP contribution in [0.1, 0.15) is 24.5 Å². The van der Waals surface area contributed by atoms with E-state index in [1.807, 2.05) is 36.4 Å². The number of hydrogen-bond donors (Lipinski definition) is 0. The molecule has 28 heavy (non-hydrogen) atoms. The SMILES string of the molecule is CN(C)C(=O)[C@H](OC(=O)CCCSc1nc2ccccc2s1)c1ccccc1. The highest BCUT2D eigenvalue weighted by Crippen LogP contribution is 2.30. The number of aromatic nitrogens is 1. The lowest BCUT2D eigenvalue weighted by Gasteiger charge is -2.21. The maximum absolute atomic E-state index is 12.4. The Balaban J connectivity index is 1.51. The molecular weight excluding hydrogens is 392 g/mol. The van der Waals surface area contributed by atoms with Crippen molar-refractivity contribution in [1.29, 1.82) is 0 Å². The Hall–Kier alpha value is -2.38. The van der Waals surface area contributed by atoms with Crippen molar-refractivity contribution in [3.63, 3.8) is 0 Å². The normalized spacial score (nSPS) is 11.9. The van der Waals surface area contributed by atoms with Crippen LogP contribution in [0.15, 0.2) is 58.9 Å². The summed E-state index contributed by atoms with van der Waals surface area (Å²) in [5.41, 5.74) is 1.68. The molecule has 0 aliphatic carbocycles. The summed E-state index contributed by atoms with van der Waals surface area (Å²) in [5.74, 6) is 0.157. The Morgan fingerprint density at radius 3 is 2.54 bits per heavy atom. The number of hydrogen-bond acceptors (Lipinski definition) is 6. The number of nitrogens with zero attached hydrogens (tertiary/aromatic N) is 2. The number of carbonyl (C=O) groups excluding carboxylic acids is 2. The predicted octanol–water partition coefficient (Wildman–Crippen LogP) is 4.54. The summed E-state index contributed by atoms with van der Waals surface area (Å²) in [5, 5.41) is 0. The quantitative estimate of drug-likeness (QED) is 0.308. The molecule has 0 spiro atoms. The van der Waals surface area contributed by atoms with Crippen LogP contribution in [0.25, 0.3) is 10.2 Å². The first-order valence-corrected chi connectivity index (χ1v) is 10.8. The summed E-state index contributed by atoms with van der Waals surface area (Å²) in [7, 11) is 3.31. The lowest BCUT2D eigenvalue weighted by molar-refractivity contribution is -0.159. The van der Waals surface area contributed by atoms with Gasteiger partial charge in [0.2, 0.25) is 6.10 Å². The van der Waals surface area contributed by atoms with Crippen LogP contribution < -0.4 is 0 Å². The van der Waals surface area contributed by atoms with Gasteiger partial charge >= 0.3 is 5.97 Å². The van der Waals surface area contributed by atoms with Crippen molar-refractivity contribution in [2.75, 3.05) is 19.8 Å². The van der Waals surface area contributed by atoms with Gasteiger partial charge in [0.05, 0.1) is 10.2 Å². The summed E-state index contributed by atoms with van der Waals surface area (Å²) in [4.78, 5) is 30.7. The molecule has 5 nitrogen and oxygen atoms in total. The third-order valence-corrected chi connectivity index (χ3v) is 6.31. The van der Waals surface area contributed by atoms with Crippen LogP contribution in [0.4, 0.5) is 0 Å². The van der Waals surface area contributed by atoms with Crippen LogP contribution in [-0.2, 0) is 14.3 Å². The van der Waals surface area contributed by atoms with Crippen LogP contribution in [0.5, 0.6) is 0 Å². The number of benzene rings is 2. The highest BCUT2D eigenvalue weighted by Gasteiger charge is 2.26. The number of thioether (sulfide) groups is 1. The van der Waals surface area contributed by atoms with Gasteiger partial charge in [-0.1, -0.05) is 54.2 Å². The fourth-order valence-corrected chi connectivity index (χ4v) is 4.68. The lowest BCUT2D eigenvalue weighted by atomic mass is 10.1. The van der Waals surface area contributed by atoms with Crippen molar-refractivity contribution in [3.05, 3.63) is 60.2 Å². The van der Waals surface area contributed by atoms with E-state index in [0.29, 0.717) is 12.0 Å². The molecule has 0 radical (unpaired) electrons. The zero-order valence-corrected chi connectivity index (χ0v) is 17.5. The van der Waals surface area contributed by atoms with Crippen LogP contribution in [0.3, 0.4) is 0 Å². The van der Waals surface area contributed by atoms with Gasteiger partial charge in [0, 0.05) is 31.8 Å². The fraction of sp³-hybridized carbons (Fsp3) is 0.286. The maximum Gasteiger partial charge on any atom is 0.306 e. The molecule has 1 heterocycles. The number of amides is 1. The van der Waals surface area contributed by atoms with Crippen LogP contribution in [0, 0.1) is 0 Å². The second-order valence-corrected chi connectivity index (χ2v) is 8.79. The maximum atomic E-state index is 12.4. The third kappa shape index (κ3) is 5.33. The number of para-hydroxylation sites is 1. The minimum absolute atomic E-state index is 0.247. The van der Waals surface area contributed by atoms with E-state index in [0.717, 1.165) is 20.3 Å². The average Bonchev–Trinajstić information content (AvgIpc) is 3.12. The van der Waals surface area contributed by atoms with Gasteiger partial charge in [-0.05, 0) is 18.6 Å². The second-order valence-electron chi connectivity index (χ2n) is 6.41. The summed E-state index contributed by atoms with van der Waals surface area (Å²) in [6.45, 7) is 0. The van der Waals surface area contributed by atoms with Gasteiger partial charge < -0.3 is 9.64 Å². The number of carbonyl (C=O) groups is 2. The number of esters is 1. The second kappa shape index (κ2) is 9.71. The van der Waals surface area contributed by atoms with Gasteiger partial charge in [-0.3, -0.25) is 9.59 Å². The molecule has 0 N–H and O–H groups in total. The van der Waals surface area contributed by atoms with E-state index in [-0.39, 0.29) is 18.3 Å². The van der Waals surface area contributed by atoms with E-state index >= 15 is 0 Å². The molecule has 0 aliphatic rings. The van der Waals surface area contributed by atoms with E-state index in [1.165, 1.54) is 4.90 Å². The first-order valence-electron chi connectivity index (χ1n) is 8.98. The van der Waals surface area contributed by atoms with Gasteiger partial charge in [0.15, 0.2) is 4.34 Å². The average molecular weight is 415 g/mol. The largest absolute Gasteiger partial charge is 0.447 e. The standard InChI is InChI=1S/C21H22N2O3S2/c1-23(2)20(25)19(15-9-4-3-5-10-15)26-18(24)13-8-14-27-21-22-16-11-6-7-12-17(16)28-21/h3-7,9-12,19H,8,13-14H2,1-2H3/t19-/m1/s1. The van der Waals surface area contributed by atoms with Crippen LogP contribution >= 0.6 is 23.1 Å². The highest BCUT2D eigenvalue weighted by molar-refractivity contribution is 8.01. The molecule has 0 unspecified atom stereocenters. The Morgan fingerprint density at radius 2 is 1.82 bits per heavy atom. The van der Waals surface area contributed by atoms with E-state index in [4.69, 9.17) is 4.74 Å². The summed E-state index contributed by atoms with van der Waals surface area (Å²) in [6, 6.07) is 17.1. The molecule has 0 bridgehead atoms. The molecule has 3 rings (SSSR count). The molecule has 1 aromatic heterocycles. The molecule has 0 saturated heterocycles. The van der Waals surface area contributed by atoms with E-state index in [2.05, 4.69) is 11.1 Å². The Bertz CT molecular complexity index is 908. The first kappa shape index (κ1) is 20.4. The zero-order valence-electron chi connectivity index (χ0n) is 15.8. The van der Waals surface area contributed by atoms with Crippen molar-refractivity contribution >= 4 is 45.2 Å². The van der Waals surface area contributed by atoms with Crippen LogP contribution in [0.2, 0.25) is 0 Å². The Kier molecular flexibility index (Phi) is 7.06. The molecule has 0 aliphatic heterocycles. The summed E-state index contributed by atoms with van der Waals surface area (Å²) >= 11 is 3.30. The molecule has 146 valence electrons. The monoisotopic (exact) mass is 414 g/mol. The van der Waals surface area contributed by atoms with Crippen molar-refractivity contribution in [2.45, 2.75) is 23.3 Å². The minimum atomic E-state index is -0.902. The molecule has 1 atom stereocenters. The number of ether oxygens (including phenoxy) is 1. The smallest absolute Gasteiger partial charge is 0.306 e. The summed E-state index contributed by atoms with van der Waals surface area (Å²) in [6.07, 6.45) is 0.0274. The number of likely N-dealkylation sites (N-methyl/N-ethyl adjacent to an activating group) is 1. The molecule has 0 saturated carbocycles. The number of rotatable bonds is 8. The Morgan fingerprint density at radius 1 is 1.11 bits per heavy atom. The highest BCUT2D eigenvalue weighted by atomic mass is 32.2. The minimum Gasteiger partial charge on any atom is -0.447 e. The van der Waals surface area contributed by atoms with Gasteiger partial charge in [-0.25, -0.2) is 4.98 Å². The van der Waals surface area contributed by atoms with Crippen molar-refractivity contribution in [2.24, 2.45) is 0 Å². The fourth-order valence-electron chi connectivity index (χ4n) is 2.60. The van der Waals surface area contributed by atoms with Gasteiger partial charge in [-0.15, -0.1) is 11.3 Å².